The molecule has 1 saturated carbocycles. The SMILES string of the molecule is COCCn1c(COc2ccc3c(c2)ncn3C)nnc1C1CC(N)C1. The first-order chi connectivity index (χ1) is 12.7. The van der Waals surface area contributed by atoms with Crippen LogP contribution in [0.25, 0.3) is 11.0 Å². The van der Waals surface area contributed by atoms with Crippen molar-refractivity contribution in [2.24, 2.45) is 12.8 Å². The Morgan fingerprint density at radius 1 is 1.27 bits per heavy atom. The van der Waals surface area contributed by atoms with Gasteiger partial charge in [-0.2, -0.15) is 0 Å². The number of benzene rings is 1. The van der Waals surface area contributed by atoms with Gasteiger partial charge >= 0.3 is 0 Å². The normalized spacial score (nSPS) is 19.7. The topological polar surface area (TPSA) is 93.0 Å². The van der Waals surface area contributed by atoms with E-state index in [0.29, 0.717) is 25.7 Å². The number of imidazole rings is 1. The predicted molar refractivity (Wildman–Crippen MR) is 96.9 cm³/mol. The van der Waals surface area contributed by atoms with Gasteiger partial charge in [-0.3, -0.25) is 0 Å². The third-order valence-corrected chi connectivity index (χ3v) is 4.98. The van der Waals surface area contributed by atoms with E-state index >= 15 is 0 Å². The summed E-state index contributed by atoms with van der Waals surface area (Å²) in [5.41, 5.74) is 7.92. The maximum atomic E-state index is 5.96. The van der Waals surface area contributed by atoms with Crippen molar-refractivity contribution in [3.8, 4) is 5.75 Å². The molecule has 0 radical (unpaired) electrons. The third-order valence-electron chi connectivity index (χ3n) is 4.98. The summed E-state index contributed by atoms with van der Waals surface area (Å²) in [6.45, 7) is 1.67. The molecule has 26 heavy (non-hydrogen) atoms. The Balaban J connectivity index is 1.50. The molecule has 138 valence electrons. The summed E-state index contributed by atoms with van der Waals surface area (Å²) in [6, 6.07) is 6.18. The van der Waals surface area contributed by atoms with Gasteiger partial charge in [0.2, 0.25) is 0 Å². The summed E-state index contributed by atoms with van der Waals surface area (Å²) in [6.07, 6.45) is 3.72. The predicted octanol–water partition coefficient (Wildman–Crippen LogP) is 1.59. The van der Waals surface area contributed by atoms with Crippen LogP contribution >= 0.6 is 0 Å². The number of ether oxygens (including phenoxy) is 2. The van der Waals surface area contributed by atoms with E-state index in [4.69, 9.17) is 15.2 Å². The van der Waals surface area contributed by atoms with Crippen LogP contribution in [-0.4, -0.2) is 44.1 Å². The first-order valence-corrected chi connectivity index (χ1v) is 8.86. The highest BCUT2D eigenvalue weighted by molar-refractivity contribution is 5.76. The molecule has 0 bridgehead atoms. The maximum Gasteiger partial charge on any atom is 0.171 e. The molecule has 0 saturated heterocycles. The average molecular weight is 356 g/mol. The second-order valence-corrected chi connectivity index (χ2v) is 6.84. The molecule has 4 rings (SSSR count). The highest BCUT2D eigenvalue weighted by Crippen LogP contribution is 2.35. The van der Waals surface area contributed by atoms with Gasteiger partial charge in [-0.25, -0.2) is 4.98 Å². The summed E-state index contributed by atoms with van der Waals surface area (Å²) >= 11 is 0. The fraction of sp³-hybridized carbons (Fsp3) is 0.500. The van der Waals surface area contributed by atoms with Crippen LogP contribution in [0.3, 0.4) is 0 Å². The van der Waals surface area contributed by atoms with Gasteiger partial charge in [0, 0.05) is 38.7 Å². The van der Waals surface area contributed by atoms with Crippen LogP contribution < -0.4 is 10.5 Å². The van der Waals surface area contributed by atoms with Crippen LogP contribution in [0.2, 0.25) is 0 Å². The van der Waals surface area contributed by atoms with Crippen molar-refractivity contribution in [2.75, 3.05) is 13.7 Å². The van der Waals surface area contributed by atoms with Crippen molar-refractivity contribution >= 4 is 11.0 Å². The van der Waals surface area contributed by atoms with Crippen molar-refractivity contribution in [1.29, 1.82) is 0 Å². The van der Waals surface area contributed by atoms with E-state index in [0.717, 1.165) is 41.3 Å². The largest absolute Gasteiger partial charge is 0.486 e. The number of hydrogen-bond donors (Lipinski definition) is 1. The van der Waals surface area contributed by atoms with Crippen LogP contribution in [-0.2, 0) is 24.9 Å². The molecule has 8 heteroatoms. The van der Waals surface area contributed by atoms with Gasteiger partial charge in [0.15, 0.2) is 5.82 Å². The Hall–Kier alpha value is -2.45. The average Bonchev–Trinajstić information content (AvgIpc) is 3.18. The van der Waals surface area contributed by atoms with E-state index in [9.17, 15) is 0 Å². The number of hydrogen-bond acceptors (Lipinski definition) is 6. The molecule has 0 amide bonds. The van der Waals surface area contributed by atoms with E-state index in [-0.39, 0.29) is 6.04 Å². The van der Waals surface area contributed by atoms with E-state index in [2.05, 4.69) is 19.7 Å². The smallest absolute Gasteiger partial charge is 0.171 e. The van der Waals surface area contributed by atoms with Crippen molar-refractivity contribution in [1.82, 2.24) is 24.3 Å². The van der Waals surface area contributed by atoms with Crippen LogP contribution in [0.1, 0.15) is 30.4 Å². The Bertz CT molecular complexity index is 896. The summed E-state index contributed by atoms with van der Waals surface area (Å²) < 4.78 is 15.3. The van der Waals surface area contributed by atoms with Crippen LogP contribution in [0.5, 0.6) is 5.75 Å². The molecule has 8 nitrogen and oxygen atoms in total. The van der Waals surface area contributed by atoms with E-state index < -0.39 is 0 Å². The molecular weight excluding hydrogens is 332 g/mol. The molecule has 1 aliphatic rings. The summed E-state index contributed by atoms with van der Waals surface area (Å²) in [5.74, 6) is 2.94. The lowest BCUT2D eigenvalue weighted by Gasteiger charge is -2.31. The van der Waals surface area contributed by atoms with Gasteiger partial charge in [0.1, 0.15) is 18.2 Å². The van der Waals surface area contributed by atoms with Crippen molar-refractivity contribution in [2.45, 2.75) is 38.0 Å². The molecule has 2 heterocycles. The van der Waals surface area contributed by atoms with E-state index in [1.807, 2.05) is 29.8 Å². The molecule has 1 fully saturated rings. The monoisotopic (exact) mass is 356 g/mol. The molecule has 0 spiro atoms. The molecule has 3 aromatic rings. The third kappa shape index (κ3) is 3.17. The molecule has 2 aromatic heterocycles. The first kappa shape index (κ1) is 17.0. The van der Waals surface area contributed by atoms with Gasteiger partial charge in [0.05, 0.1) is 24.0 Å². The summed E-state index contributed by atoms with van der Waals surface area (Å²) in [7, 11) is 3.67. The van der Waals surface area contributed by atoms with Gasteiger partial charge < -0.3 is 24.3 Å². The Kier molecular flexibility index (Phi) is 4.60. The fourth-order valence-electron chi connectivity index (χ4n) is 3.41. The van der Waals surface area contributed by atoms with Crippen LogP contribution in [0.15, 0.2) is 24.5 Å². The zero-order valence-electron chi connectivity index (χ0n) is 15.1. The lowest BCUT2D eigenvalue weighted by atomic mass is 9.80. The minimum absolute atomic E-state index is 0.275. The van der Waals surface area contributed by atoms with Gasteiger partial charge in [-0.05, 0) is 25.0 Å². The number of fused-ring (bicyclic) bond motifs is 1. The second kappa shape index (κ2) is 7.05. The zero-order chi connectivity index (χ0) is 18.1. The highest BCUT2D eigenvalue weighted by Gasteiger charge is 2.32. The first-order valence-electron chi connectivity index (χ1n) is 8.86. The molecule has 2 N–H and O–H groups in total. The molecule has 0 atom stereocenters. The minimum Gasteiger partial charge on any atom is -0.486 e. The molecule has 0 unspecified atom stereocenters. The zero-order valence-corrected chi connectivity index (χ0v) is 15.1. The van der Waals surface area contributed by atoms with Crippen molar-refractivity contribution < 1.29 is 9.47 Å². The molecule has 1 aliphatic carbocycles. The fourth-order valence-corrected chi connectivity index (χ4v) is 3.41. The Morgan fingerprint density at radius 3 is 2.88 bits per heavy atom. The van der Waals surface area contributed by atoms with Crippen LogP contribution in [0.4, 0.5) is 0 Å². The number of nitrogens with two attached hydrogens (primary N) is 1. The van der Waals surface area contributed by atoms with E-state index in [1.54, 1.807) is 13.4 Å². The molecule has 1 aromatic carbocycles. The second-order valence-electron chi connectivity index (χ2n) is 6.84. The van der Waals surface area contributed by atoms with Gasteiger partial charge in [0.25, 0.3) is 0 Å². The number of rotatable bonds is 7. The quantitative estimate of drug-likeness (QED) is 0.691. The van der Waals surface area contributed by atoms with Gasteiger partial charge in [-0.15, -0.1) is 10.2 Å². The molecular formula is C18H24N6O2. The van der Waals surface area contributed by atoms with Gasteiger partial charge in [-0.1, -0.05) is 0 Å². The number of methoxy groups -OCH3 is 1. The Labute approximate surface area is 151 Å². The van der Waals surface area contributed by atoms with Crippen LogP contribution in [0, 0.1) is 0 Å². The van der Waals surface area contributed by atoms with Crippen molar-refractivity contribution in [3.63, 3.8) is 0 Å². The number of nitrogens with zero attached hydrogens (tertiary/aromatic N) is 5. The molecule has 0 aliphatic heterocycles. The Morgan fingerprint density at radius 2 is 2.12 bits per heavy atom. The standard InChI is InChI=1S/C18H24N6O2/c1-23-11-20-15-9-14(3-4-16(15)23)26-10-17-21-22-18(12-7-13(19)8-12)24(17)5-6-25-2/h3-4,9,11-13H,5-8,10,19H2,1-2H3. The lowest BCUT2D eigenvalue weighted by molar-refractivity contribution is 0.180. The van der Waals surface area contributed by atoms with Crippen molar-refractivity contribution in [3.05, 3.63) is 36.2 Å². The summed E-state index contributed by atoms with van der Waals surface area (Å²) in [5, 5.41) is 8.75. The maximum absolute atomic E-state index is 5.96. The lowest BCUT2D eigenvalue weighted by Crippen LogP contribution is -2.36. The highest BCUT2D eigenvalue weighted by atomic mass is 16.5. The number of aromatic nitrogens is 5. The number of aryl methyl sites for hydroxylation is 1. The summed E-state index contributed by atoms with van der Waals surface area (Å²) in [4.78, 5) is 4.37. The van der Waals surface area contributed by atoms with E-state index in [1.165, 1.54) is 0 Å². The minimum atomic E-state index is 0.275.